The highest BCUT2D eigenvalue weighted by Gasteiger charge is 2.18. The number of nitrogens with zero attached hydrogens (tertiary/aromatic N) is 1. The van der Waals surface area contributed by atoms with Crippen molar-refractivity contribution < 1.29 is 0 Å². The topological polar surface area (TPSA) is 4.93 Å². The van der Waals surface area contributed by atoms with Crippen molar-refractivity contribution in [1.29, 1.82) is 0 Å². The van der Waals surface area contributed by atoms with Gasteiger partial charge in [-0.05, 0) is 122 Å². The molecule has 0 saturated heterocycles. The highest BCUT2D eigenvalue weighted by molar-refractivity contribution is 7.26. The maximum Gasteiger partial charge on any atom is 0.0541 e. The van der Waals surface area contributed by atoms with Crippen molar-refractivity contribution in [3.05, 3.63) is 230 Å². The largest absolute Gasteiger partial charge is 0.309 e. The number of rotatable bonds is 7. The molecule has 2 heterocycles. The van der Waals surface area contributed by atoms with E-state index >= 15 is 0 Å². The number of hydrogen-bond donors (Lipinski definition) is 0. The molecule has 0 bridgehead atoms. The molecule has 9 aromatic carbocycles. The van der Waals surface area contributed by atoms with E-state index in [0.29, 0.717) is 0 Å². The van der Waals surface area contributed by atoms with Crippen molar-refractivity contribution in [3.63, 3.8) is 0 Å². The molecule has 0 radical (unpaired) electrons. The van der Waals surface area contributed by atoms with E-state index in [9.17, 15) is 0 Å². The second kappa shape index (κ2) is 14.3. The number of aromatic nitrogens is 1. The molecule has 0 amide bonds. The second-order valence-corrected chi connectivity index (χ2v) is 16.5. The van der Waals surface area contributed by atoms with Crippen LogP contribution in [0, 0.1) is 6.92 Å². The van der Waals surface area contributed by atoms with Gasteiger partial charge in [-0.2, -0.15) is 0 Å². The van der Waals surface area contributed by atoms with E-state index in [1.54, 1.807) is 0 Å². The third-order valence-electron chi connectivity index (χ3n) is 11.9. The quantitative estimate of drug-likeness (QED) is 0.152. The maximum atomic E-state index is 4.69. The normalized spacial score (nSPS) is 11.5. The van der Waals surface area contributed by atoms with Crippen LogP contribution in [0.15, 0.2) is 213 Å². The van der Waals surface area contributed by atoms with Crippen molar-refractivity contribution in [3.8, 4) is 50.2 Å². The molecule has 0 unspecified atom stereocenters. The minimum atomic E-state index is 1.01. The molecule has 0 atom stereocenters. The number of aryl methyl sites for hydroxylation is 1. The first-order valence-corrected chi connectivity index (χ1v) is 21.0. The summed E-state index contributed by atoms with van der Waals surface area (Å²) in [6, 6.07) is 75.2. The summed E-state index contributed by atoms with van der Waals surface area (Å²) >= 11 is 1.88. The molecular formula is C57H39NS. The summed E-state index contributed by atoms with van der Waals surface area (Å²) in [5.74, 6) is 0. The number of fused-ring (bicyclic) bond motifs is 6. The summed E-state index contributed by atoms with van der Waals surface area (Å²) in [4.78, 5) is 0. The van der Waals surface area contributed by atoms with Gasteiger partial charge in [0.2, 0.25) is 0 Å². The fourth-order valence-electron chi connectivity index (χ4n) is 8.94. The van der Waals surface area contributed by atoms with Crippen molar-refractivity contribution >= 4 is 58.9 Å². The van der Waals surface area contributed by atoms with Gasteiger partial charge in [0.25, 0.3) is 0 Å². The molecule has 0 saturated carbocycles. The minimum Gasteiger partial charge on any atom is -0.309 e. The Bertz CT molecular complexity index is 3400. The Morgan fingerprint density at radius 2 is 1.05 bits per heavy atom. The summed E-state index contributed by atoms with van der Waals surface area (Å²) in [5.41, 5.74) is 17.7. The van der Waals surface area contributed by atoms with Crippen molar-refractivity contribution in [2.45, 2.75) is 6.92 Å². The minimum absolute atomic E-state index is 1.01. The van der Waals surface area contributed by atoms with E-state index in [0.717, 1.165) is 22.4 Å². The summed E-state index contributed by atoms with van der Waals surface area (Å²) in [6.07, 6.45) is 0. The van der Waals surface area contributed by atoms with Crippen molar-refractivity contribution in [1.82, 2.24) is 4.57 Å². The van der Waals surface area contributed by atoms with Crippen LogP contribution in [0.25, 0.3) is 97.7 Å². The number of para-hydroxylation sites is 1. The number of thiophene rings is 1. The van der Waals surface area contributed by atoms with Gasteiger partial charge in [-0.3, -0.25) is 0 Å². The van der Waals surface area contributed by atoms with Gasteiger partial charge in [0, 0.05) is 36.6 Å². The molecule has 278 valence electrons. The van der Waals surface area contributed by atoms with E-state index < -0.39 is 0 Å². The van der Waals surface area contributed by atoms with Crippen LogP contribution in [0.1, 0.15) is 16.7 Å². The van der Waals surface area contributed by atoms with Crippen molar-refractivity contribution in [2.75, 3.05) is 0 Å². The van der Waals surface area contributed by atoms with Gasteiger partial charge in [-0.1, -0.05) is 164 Å². The van der Waals surface area contributed by atoms with Gasteiger partial charge in [-0.15, -0.1) is 11.3 Å². The Balaban J connectivity index is 1.08. The first-order chi connectivity index (χ1) is 29.1. The first kappa shape index (κ1) is 34.9. The summed E-state index contributed by atoms with van der Waals surface area (Å²) in [7, 11) is 0. The third kappa shape index (κ3) is 6.00. The number of benzene rings is 9. The van der Waals surface area contributed by atoms with Crippen LogP contribution in [0.5, 0.6) is 0 Å². The SMILES string of the molecule is C=C(c1ccccc1)c1ccc(-c2ccc3c(c2)c2ccccc2n3-c2cccc(-c3ccccc3)c2)cc1-c1cc(-c2cccc3c2sc2ccccc23)ccc1C. The second-order valence-electron chi connectivity index (χ2n) is 15.4. The van der Waals surface area contributed by atoms with Crippen LogP contribution in [0.2, 0.25) is 0 Å². The smallest absolute Gasteiger partial charge is 0.0541 e. The van der Waals surface area contributed by atoms with E-state index in [1.807, 2.05) is 11.3 Å². The summed E-state index contributed by atoms with van der Waals surface area (Å²) in [5, 5.41) is 5.10. The molecule has 0 aliphatic rings. The molecular weight excluding hydrogens is 731 g/mol. The van der Waals surface area contributed by atoms with E-state index in [2.05, 4.69) is 218 Å². The molecule has 59 heavy (non-hydrogen) atoms. The third-order valence-corrected chi connectivity index (χ3v) is 13.1. The lowest BCUT2D eigenvalue weighted by Crippen LogP contribution is -1.95. The Morgan fingerprint density at radius 3 is 1.92 bits per heavy atom. The van der Waals surface area contributed by atoms with Crippen LogP contribution in [0.3, 0.4) is 0 Å². The monoisotopic (exact) mass is 769 g/mol. The van der Waals surface area contributed by atoms with Gasteiger partial charge >= 0.3 is 0 Å². The van der Waals surface area contributed by atoms with Gasteiger partial charge in [-0.25, -0.2) is 0 Å². The lowest BCUT2D eigenvalue weighted by atomic mass is 9.86. The van der Waals surface area contributed by atoms with Crippen LogP contribution < -0.4 is 0 Å². The Morgan fingerprint density at radius 1 is 0.424 bits per heavy atom. The number of hydrogen-bond acceptors (Lipinski definition) is 1. The Labute approximate surface area is 348 Å². The molecule has 2 heteroatoms. The first-order valence-electron chi connectivity index (χ1n) is 20.2. The van der Waals surface area contributed by atoms with E-state index in [4.69, 9.17) is 6.58 Å². The van der Waals surface area contributed by atoms with Crippen molar-refractivity contribution in [2.24, 2.45) is 0 Å². The van der Waals surface area contributed by atoms with Crippen LogP contribution in [-0.2, 0) is 0 Å². The lowest BCUT2D eigenvalue weighted by molar-refractivity contribution is 1.18. The Hall–Kier alpha value is -7.26. The van der Waals surface area contributed by atoms with Gasteiger partial charge < -0.3 is 4.57 Å². The zero-order valence-electron chi connectivity index (χ0n) is 32.7. The Kier molecular flexibility index (Phi) is 8.46. The summed E-state index contributed by atoms with van der Waals surface area (Å²) < 4.78 is 5.05. The van der Waals surface area contributed by atoms with Gasteiger partial charge in [0.1, 0.15) is 0 Å². The zero-order valence-corrected chi connectivity index (χ0v) is 33.5. The van der Waals surface area contributed by atoms with Gasteiger partial charge in [0.05, 0.1) is 11.0 Å². The van der Waals surface area contributed by atoms with E-state index in [-0.39, 0.29) is 0 Å². The molecule has 0 fully saturated rings. The highest BCUT2D eigenvalue weighted by Crippen LogP contribution is 2.43. The van der Waals surface area contributed by atoms with E-state index in [1.165, 1.54) is 92.0 Å². The molecule has 1 nitrogen and oxygen atoms in total. The predicted molar refractivity (Wildman–Crippen MR) is 255 cm³/mol. The van der Waals surface area contributed by atoms with Crippen LogP contribution in [-0.4, -0.2) is 4.57 Å². The molecule has 0 aliphatic carbocycles. The predicted octanol–water partition coefficient (Wildman–Crippen LogP) is 16.2. The molecule has 0 spiro atoms. The zero-order chi connectivity index (χ0) is 39.5. The lowest BCUT2D eigenvalue weighted by Gasteiger charge is -2.18. The summed E-state index contributed by atoms with van der Waals surface area (Å²) in [6.45, 7) is 6.92. The molecule has 2 aromatic heterocycles. The van der Waals surface area contributed by atoms with Crippen LogP contribution in [0.4, 0.5) is 0 Å². The molecule has 11 aromatic rings. The average Bonchev–Trinajstić information content (AvgIpc) is 3.85. The maximum absolute atomic E-state index is 4.69. The fourth-order valence-corrected chi connectivity index (χ4v) is 10.2. The molecule has 0 aliphatic heterocycles. The average molecular weight is 770 g/mol. The van der Waals surface area contributed by atoms with Gasteiger partial charge in [0.15, 0.2) is 0 Å². The standard InChI is InChI=1S/C57H39NS/c1-37-27-28-44(47-23-14-24-50-49-22-10-12-26-56(49)59-57(47)50)36-51(37)52-34-42(29-31-46(52)38(2)39-15-5-3-6-16-39)43-30-32-55-53(35-43)48-21-9-11-25-54(48)58(55)45-20-13-19-41(33-45)40-17-7-4-8-18-40/h3-36H,2H2,1H3. The highest BCUT2D eigenvalue weighted by atomic mass is 32.1. The van der Waals surface area contributed by atoms with Crippen LogP contribution >= 0.6 is 11.3 Å². The fraction of sp³-hybridized carbons (Fsp3) is 0.0175. The molecule has 0 N–H and O–H groups in total. The molecule has 11 rings (SSSR count).